The van der Waals surface area contributed by atoms with Crippen LogP contribution >= 0.6 is 0 Å². The van der Waals surface area contributed by atoms with Crippen LogP contribution in [0.3, 0.4) is 0 Å². The van der Waals surface area contributed by atoms with Crippen molar-refractivity contribution in [1.29, 1.82) is 0 Å². The third kappa shape index (κ3) is 2.08. The van der Waals surface area contributed by atoms with E-state index in [-0.39, 0.29) is 0 Å². The first-order chi connectivity index (χ1) is 9.72. The summed E-state index contributed by atoms with van der Waals surface area (Å²) in [5.41, 5.74) is 10.4. The average molecular weight is 267 g/mol. The van der Waals surface area contributed by atoms with Gasteiger partial charge in [0.25, 0.3) is 0 Å². The fourth-order valence-electron chi connectivity index (χ4n) is 3.07. The Bertz CT molecular complexity index is 756. The number of para-hydroxylation sites is 1. The standard InChI is InChI=1S/C17H21N3/c1-12-11-15-14-7-3-4-8-16(14)20(10-6-5-9-18)17(15)13(2)19-12/h3-4,7-8,11H,5-6,9-10,18H2,1-2H3. The first-order valence-corrected chi connectivity index (χ1v) is 7.27. The van der Waals surface area contributed by atoms with Gasteiger partial charge in [-0.3, -0.25) is 4.98 Å². The molecule has 0 radical (unpaired) electrons. The number of benzene rings is 1. The molecule has 3 nitrogen and oxygen atoms in total. The Hall–Kier alpha value is -1.87. The zero-order valence-corrected chi connectivity index (χ0v) is 12.2. The van der Waals surface area contributed by atoms with Crippen LogP contribution in [0.4, 0.5) is 0 Å². The molecule has 0 bridgehead atoms. The lowest BCUT2D eigenvalue weighted by Crippen LogP contribution is -2.04. The Morgan fingerprint density at radius 1 is 1.10 bits per heavy atom. The summed E-state index contributed by atoms with van der Waals surface area (Å²) in [6.07, 6.45) is 2.17. The Morgan fingerprint density at radius 3 is 2.70 bits per heavy atom. The molecule has 0 fully saturated rings. The lowest BCUT2D eigenvalue weighted by Gasteiger charge is -2.08. The molecule has 3 aromatic rings. The van der Waals surface area contributed by atoms with Gasteiger partial charge in [0.15, 0.2) is 0 Å². The second-order valence-electron chi connectivity index (χ2n) is 5.41. The van der Waals surface area contributed by atoms with Gasteiger partial charge in [-0.2, -0.15) is 0 Å². The van der Waals surface area contributed by atoms with Crippen molar-refractivity contribution in [3.63, 3.8) is 0 Å². The number of hydrogen-bond donors (Lipinski definition) is 1. The van der Waals surface area contributed by atoms with Crippen molar-refractivity contribution in [2.75, 3.05) is 6.54 Å². The van der Waals surface area contributed by atoms with E-state index >= 15 is 0 Å². The fourth-order valence-corrected chi connectivity index (χ4v) is 3.07. The zero-order chi connectivity index (χ0) is 14.1. The van der Waals surface area contributed by atoms with E-state index in [1.54, 1.807) is 0 Å². The molecule has 2 aromatic heterocycles. The van der Waals surface area contributed by atoms with Crippen molar-refractivity contribution in [2.24, 2.45) is 5.73 Å². The van der Waals surface area contributed by atoms with Gasteiger partial charge in [0.2, 0.25) is 0 Å². The minimum atomic E-state index is 0.757. The predicted molar refractivity (Wildman–Crippen MR) is 85.0 cm³/mol. The minimum Gasteiger partial charge on any atom is -0.339 e. The summed E-state index contributed by atoms with van der Waals surface area (Å²) in [7, 11) is 0. The van der Waals surface area contributed by atoms with Gasteiger partial charge >= 0.3 is 0 Å². The Kier molecular flexibility index (Phi) is 3.45. The summed E-state index contributed by atoms with van der Waals surface area (Å²) < 4.78 is 2.40. The quantitative estimate of drug-likeness (QED) is 0.735. The van der Waals surface area contributed by atoms with Crippen LogP contribution in [0.5, 0.6) is 0 Å². The van der Waals surface area contributed by atoms with Crippen molar-refractivity contribution in [3.05, 3.63) is 41.7 Å². The summed E-state index contributed by atoms with van der Waals surface area (Å²) in [6.45, 7) is 5.93. The molecule has 0 saturated heterocycles. The molecule has 0 saturated carbocycles. The molecule has 1 aromatic carbocycles. The number of aromatic nitrogens is 2. The predicted octanol–water partition coefficient (Wildman–Crippen LogP) is 3.55. The van der Waals surface area contributed by atoms with Gasteiger partial charge in [-0.15, -0.1) is 0 Å². The highest BCUT2D eigenvalue weighted by Crippen LogP contribution is 2.31. The third-order valence-corrected chi connectivity index (χ3v) is 3.89. The maximum absolute atomic E-state index is 5.62. The highest BCUT2D eigenvalue weighted by atomic mass is 15.0. The molecule has 0 unspecified atom stereocenters. The largest absolute Gasteiger partial charge is 0.339 e. The Balaban J connectivity index is 2.28. The van der Waals surface area contributed by atoms with Gasteiger partial charge in [0, 0.05) is 28.5 Å². The van der Waals surface area contributed by atoms with Crippen LogP contribution in [0.1, 0.15) is 24.2 Å². The fraction of sp³-hybridized carbons (Fsp3) is 0.353. The number of unbranched alkanes of at least 4 members (excludes halogenated alkanes) is 1. The Labute approximate surface area is 119 Å². The smallest absolute Gasteiger partial charge is 0.0707 e. The number of nitrogens with zero attached hydrogens (tertiary/aromatic N) is 2. The van der Waals surface area contributed by atoms with E-state index in [4.69, 9.17) is 5.73 Å². The van der Waals surface area contributed by atoms with Crippen molar-refractivity contribution < 1.29 is 0 Å². The van der Waals surface area contributed by atoms with Crippen molar-refractivity contribution >= 4 is 21.8 Å². The monoisotopic (exact) mass is 267 g/mol. The summed E-state index contributed by atoms with van der Waals surface area (Å²) in [4.78, 5) is 4.64. The minimum absolute atomic E-state index is 0.757. The molecule has 104 valence electrons. The molecule has 0 aliphatic carbocycles. The molecule has 3 heteroatoms. The summed E-state index contributed by atoms with van der Waals surface area (Å²) in [5.74, 6) is 0. The van der Waals surface area contributed by atoms with Crippen LogP contribution in [0, 0.1) is 13.8 Å². The van der Waals surface area contributed by atoms with E-state index in [1.165, 1.54) is 21.8 Å². The second-order valence-corrected chi connectivity index (χ2v) is 5.41. The number of hydrogen-bond acceptors (Lipinski definition) is 2. The lowest BCUT2D eigenvalue weighted by molar-refractivity contribution is 0.641. The van der Waals surface area contributed by atoms with Gasteiger partial charge in [-0.05, 0) is 45.4 Å². The number of fused-ring (bicyclic) bond motifs is 3. The first-order valence-electron chi connectivity index (χ1n) is 7.27. The SMILES string of the molecule is Cc1cc2c3ccccc3n(CCCCN)c2c(C)n1. The maximum Gasteiger partial charge on any atom is 0.0707 e. The molecule has 3 rings (SSSR count). The number of pyridine rings is 1. The summed E-state index contributed by atoms with van der Waals surface area (Å²) >= 11 is 0. The van der Waals surface area contributed by atoms with Gasteiger partial charge in [-0.1, -0.05) is 18.2 Å². The van der Waals surface area contributed by atoms with E-state index in [0.29, 0.717) is 0 Å². The van der Waals surface area contributed by atoms with E-state index in [2.05, 4.69) is 53.7 Å². The molecule has 0 atom stereocenters. The second kappa shape index (κ2) is 5.25. The molecule has 0 amide bonds. The summed E-state index contributed by atoms with van der Waals surface area (Å²) in [6, 6.07) is 10.8. The zero-order valence-electron chi connectivity index (χ0n) is 12.2. The van der Waals surface area contributed by atoms with Crippen LogP contribution in [0.2, 0.25) is 0 Å². The van der Waals surface area contributed by atoms with Crippen LogP contribution in [-0.4, -0.2) is 16.1 Å². The van der Waals surface area contributed by atoms with Crippen LogP contribution in [0.15, 0.2) is 30.3 Å². The van der Waals surface area contributed by atoms with E-state index < -0.39 is 0 Å². The maximum atomic E-state index is 5.62. The average Bonchev–Trinajstić information content (AvgIpc) is 2.74. The molecule has 2 heterocycles. The van der Waals surface area contributed by atoms with Gasteiger partial charge < -0.3 is 10.3 Å². The Morgan fingerprint density at radius 2 is 1.90 bits per heavy atom. The van der Waals surface area contributed by atoms with Crippen LogP contribution < -0.4 is 5.73 Å². The highest BCUT2D eigenvalue weighted by molar-refractivity contribution is 6.08. The highest BCUT2D eigenvalue weighted by Gasteiger charge is 2.13. The molecular formula is C17H21N3. The molecule has 0 aliphatic rings. The van der Waals surface area contributed by atoms with E-state index in [9.17, 15) is 0 Å². The van der Waals surface area contributed by atoms with Crippen molar-refractivity contribution in [1.82, 2.24) is 9.55 Å². The molecule has 2 N–H and O–H groups in total. The third-order valence-electron chi connectivity index (χ3n) is 3.89. The van der Waals surface area contributed by atoms with Crippen LogP contribution in [0.25, 0.3) is 21.8 Å². The van der Waals surface area contributed by atoms with E-state index in [0.717, 1.165) is 37.3 Å². The number of aryl methyl sites for hydroxylation is 3. The topological polar surface area (TPSA) is 43.8 Å². The molecule has 0 aliphatic heterocycles. The van der Waals surface area contributed by atoms with E-state index in [1.807, 2.05) is 0 Å². The molecule has 20 heavy (non-hydrogen) atoms. The number of nitrogens with two attached hydrogens (primary N) is 1. The summed E-state index contributed by atoms with van der Waals surface area (Å²) in [5, 5.41) is 2.64. The van der Waals surface area contributed by atoms with Gasteiger partial charge in [-0.25, -0.2) is 0 Å². The normalized spacial score (nSPS) is 11.6. The van der Waals surface area contributed by atoms with Crippen molar-refractivity contribution in [2.45, 2.75) is 33.2 Å². The molecule has 0 spiro atoms. The van der Waals surface area contributed by atoms with Crippen molar-refractivity contribution in [3.8, 4) is 0 Å². The first kappa shape index (κ1) is 13.1. The van der Waals surface area contributed by atoms with Gasteiger partial charge in [0.1, 0.15) is 0 Å². The molecular weight excluding hydrogens is 246 g/mol. The lowest BCUT2D eigenvalue weighted by atomic mass is 10.1. The van der Waals surface area contributed by atoms with Gasteiger partial charge in [0.05, 0.1) is 11.2 Å². The van der Waals surface area contributed by atoms with Crippen LogP contribution in [-0.2, 0) is 6.54 Å². The number of rotatable bonds is 4.